The molecule has 9 heteroatoms. The monoisotopic (exact) mass is 459 g/mol. The van der Waals surface area contributed by atoms with Crippen molar-refractivity contribution in [3.05, 3.63) is 60.8 Å². The Balaban J connectivity index is 1.51. The highest BCUT2D eigenvalue weighted by Gasteiger charge is 2.22. The molecular formula is C25H29N7O2. The van der Waals surface area contributed by atoms with Gasteiger partial charge in [0.15, 0.2) is 5.65 Å². The third-order valence-electron chi connectivity index (χ3n) is 5.92. The maximum atomic E-state index is 9.25. The minimum atomic E-state index is 0.175. The molecule has 0 spiro atoms. The number of nitrogens with one attached hydrogen (secondary N) is 1. The summed E-state index contributed by atoms with van der Waals surface area (Å²) in [6.45, 7) is 6.80. The summed E-state index contributed by atoms with van der Waals surface area (Å²) in [6, 6.07) is 17.8. The summed E-state index contributed by atoms with van der Waals surface area (Å²) in [5.41, 5.74) is 2.61. The zero-order chi connectivity index (χ0) is 23.3. The molecule has 0 amide bonds. The second-order valence-electron chi connectivity index (χ2n) is 8.14. The van der Waals surface area contributed by atoms with Crippen molar-refractivity contribution < 1.29 is 9.84 Å². The Labute approximate surface area is 198 Å². The Kier molecular flexibility index (Phi) is 6.55. The van der Waals surface area contributed by atoms with Gasteiger partial charge in [-0.1, -0.05) is 18.2 Å². The zero-order valence-corrected chi connectivity index (χ0v) is 19.3. The van der Waals surface area contributed by atoms with Crippen LogP contribution in [0.2, 0.25) is 0 Å². The van der Waals surface area contributed by atoms with Crippen molar-refractivity contribution in [3.8, 4) is 11.4 Å². The zero-order valence-electron chi connectivity index (χ0n) is 19.3. The Bertz CT molecular complexity index is 1220. The average molecular weight is 460 g/mol. The highest BCUT2D eigenvalue weighted by atomic mass is 16.5. The highest BCUT2D eigenvalue weighted by Crippen LogP contribution is 2.29. The first-order valence-corrected chi connectivity index (χ1v) is 11.6. The van der Waals surface area contributed by atoms with Crippen LogP contribution < -0.4 is 15.0 Å². The van der Waals surface area contributed by atoms with Gasteiger partial charge < -0.3 is 20.1 Å². The molecule has 0 aliphatic carbocycles. The Hall–Kier alpha value is -3.69. The number of nitrogens with zero attached hydrogens (tertiary/aromatic N) is 6. The van der Waals surface area contributed by atoms with E-state index in [1.165, 1.54) is 0 Å². The summed E-state index contributed by atoms with van der Waals surface area (Å²) in [4.78, 5) is 14.3. The van der Waals surface area contributed by atoms with E-state index in [2.05, 4.69) is 20.2 Å². The first-order valence-electron chi connectivity index (χ1n) is 11.6. The van der Waals surface area contributed by atoms with E-state index in [4.69, 9.17) is 14.7 Å². The standard InChI is InChI=1S/C25H29N7O2/c1-2-34-21-10-8-19(9-11-21)27-23-22-18-26-32(20-6-4-3-5-7-20)24(22)29-25(28-23)31-14-12-30(13-15-31)16-17-33/h3-11,18,33H,2,12-17H2,1H3,(H,27,28,29). The molecule has 3 heterocycles. The van der Waals surface area contributed by atoms with Gasteiger partial charge in [-0.2, -0.15) is 15.1 Å². The van der Waals surface area contributed by atoms with Crippen molar-refractivity contribution in [1.82, 2.24) is 24.6 Å². The van der Waals surface area contributed by atoms with Crippen LogP contribution in [0.1, 0.15) is 6.92 Å². The first kappa shape index (κ1) is 22.1. The number of ether oxygens (including phenoxy) is 1. The molecule has 0 saturated carbocycles. The lowest BCUT2D eigenvalue weighted by atomic mass is 10.3. The molecule has 34 heavy (non-hydrogen) atoms. The van der Waals surface area contributed by atoms with Gasteiger partial charge in [-0.05, 0) is 43.3 Å². The number of piperazine rings is 1. The lowest BCUT2D eigenvalue weighted by molar-refractivity contribution is 0.188. The van der Waals surface area contributed by atoms with Crippen LogP contribution in [0.4, 0.5) is 17.5 Å². The predicted molar refractivity (Wildman–Crippen MR) is 133 cm³/mol. The van der Waals surface area contributed by atoms with Gasteiger partial charge >= 0.3 is 0 Å². The molecule has 1 aliphatic rings. The Morgan fingerprint density at radius 3 is 2.44 bits per heavy atom. The Morgan fingerprint density at radius 2 is 1.74 bits per heavy atom. The summed E-state index contributed by atoms with van der Waals surface area (Å²) in [7, 11) is 0. The summed E-state index contributed by atoms with van der Waals surface area (Å²) in [5, 5.41) is 18.2. The number of aliphatic hydroxyl groups excluding tert-OH is 1. The van der Waals surface area contributed by atoms with Crippen molar-refractivity contribution in [2.75, 3.05) is 56.2 Å². The largest absolute Gasteiger partial charge is 0.494 e. The van der Waals surface area contributed by atoms with Crippen LogP contribution in [0.15, 0.2) is 60.8 Å². The van der Waals surface area contributed by atoms with E-state index in [1.807, 2.05) is 72.4 Å². The SMILES string of the molecule is CCOc1ccc(Nc2nc(N3CCN(CCO)CC3)nc3c2cnn3-c2ccccc2)cc1. The Morgan fingerprint density at radius 1 is 0.971 bits per heavy atom. The fourth-order valence-corrected chi connectivity index (χ4v) is 4.14. The number of β-amino-alcohol motifs (C(OH)–C–C–N with tert-alkyl or cyclic N) is 1. The van der Waals surface area contributed by atoms with Crippen molar-refractivity contribution in [2.45, 2.75) is 6.92 Å². The van der Waals surface area contributed by atoms with Gasteiger partial charge in [0.1, 0.15) is 11.6 Å². The van der Waals surface area contributed by atoms with Gasteiger partial charge in [-0.15, -0.1) is 0 Å². The molecule has 0 atom stereocenters. The predicted octanol–water partition coefficient (Wildman–Crippen LogP) is 3.07. The summed E-state index contributed by atoms with van der Waals surface area (Å²) < 4.78 is 7.42. The van der Waals surface area contributed by atoms with E-state index in [9.17, 15) is 5.11 Å². The van der Waals surface area contributed by atoms with Gasteiger partial charge in [0.25, 0.3) is 0 Å². The van der Waals surface area contributed by atoms with Gasteiger partial charge in [-0.3, -0.25) is 4.90 Å². The van der Waals surface area contributed by atoms with Crippen molar-refractivity contribution >= 4 is 28.5 Å². The van der Waals surface area contributed by atoms with Gasteiger partial charge in [-0.25, -0.2) is 4.68 Å². The molecule has 2 aromatic carbocycles. The van der Waals surface area contributed by atoms with E-state index >= 15 is 0 Å². The van der Waals surface area contributed by atoms with Crippen LogP contribution in [0, 0.1) is 0 Å². The molecule has 5 rings (SSSR count). The number of benzene rings is 2. The minimum Gasteiger partial charge on any atom is -0.494 e. The third kappa shape index (κ3) is 4.66. The molecule has 0 bridgehead atoms. The van der Waals surface area contributed by atoms with Gasteiger partial charge in [0, 0.05) is 38.4 Å². The second-order valence-corrected chi connectivity index (χ2v) is 8.14. The molecule has 2 N–H and O–H groups in total. The molecule has 0 unspecified atom stereocenters. The minimum absolute atomic E-state index is 0.175. The number of aromatic nitrogens is 4. The number of para-hydroxylation sites is 1. The van der Waals surface area contributed by atoms with E-state index in [1.54, 1.807) is 0 Å². The molecule has 176 valence electrons. The van der Waals surface area contributed by atoms with E-state index in [0.717, 1.165) is 54.3 Å². The van der Waals surface area contributed by atoms with Crippen LogP contribution in [0.3, 0.4) is 0 Å². The van der Waals surface area contributed by atoms with Crippen LogP contribution >= 0.6 is 0 Å². The number of hydrogen-bond acceptors (Lipinski definition) is 8. The summed E-state index contributed by atoms with van der Waals surface area (Å²) in [6.07, 6.45) is 1.81. The summed E-state index contributed by atoms with van der Waals surface area (Å²) >= 11 is 0. The molecule has 1 aliphatic heterocycles. The topological polar surface area (TPSA) is 91.6 Å². The van der Waals surface area contributed by atoms with Crippen LogP contribution in [-0.4, -0.2) is 75.7 Å². The van der Waals surface area contributed by atoms with Crippen molar-refractivity contribution in [2.24, 2.45) is 0 Å². The quantitative estimate of drug-likeness (QED) is 0.415. The van der Waals surface area contributed by atoms with Crippen LogP contribution in [0.25, 0.3) is 16.7 Å². The van der Waals surface area contributed by atoms with Gasteiger partial charge in [0.05, 0.1) is 30.5 Å². The van der Waals surface area contributed by atoms with Crippen LogP contribution in [0.5, 0.6) is 5.75 Å². The normalized spacial score (nSPS) is 14.5. The number of hydrogen-bond donors (Lipinski definition) is 2. The lowest BCUT2D eigenvalue weighted by Crippen LogP contribution is -2.47. The number of aliphatic hydroxyl groups is 1. The molecule has 2 aromatic heterocycles. The third-order valence-corrected chi connectivity index (χ3v) is 5.92. The lowest BCUT2D eigenvalue weighted by Gasteiger charge is -2.34. The molecule has 1 fully saturated rings. The van der Waals surface area contributed by atoms with E-state index in [0.29, 0.717) is 24.9 Å². The molecule has 9 nitrogen and oxygen atoms in total. The second kappa shape index (κ2) is 10.1. The smallest absolute Gasteiger partial charge is 0.229 e. The summed E-state index contributed by atoms with van der Waals surface area (Å²) in [5.74, 6) is 2.21. The molecule has 4 aromatic rings. The van der Waals surface area contributed by atoms with Crippen molar-refractivity contribution in [1.29, 1.82) is 0 Å². The number of fused-ring (bicyclic) bond motifs is 1. The van der Waals surface area contributed by atoms with Gasteiger partial charge in [0.2, 0.25) is 5.95 Å². The fraction of sp³-hybridized carbons (Fsp3) is 0.320. The molecule has 0 radical (unpaired) electrons. The molecule has 1 saturated heterocycles. The fourth-order valence-electron chi connectivity index (χ4n) is 4.14. The van der Waals surface area contributed by atoms with E-state index in [-0.39, 0.29) is 6.61 Å². The number of anilines is 3. The highest BCUT2D eigenvalue weighted by molar-refractivity contribution is 5.90. The maximum absolute atomic E-state index is 9.25. The molecular weight excluding hydrogens is 430 g/mol. The average Bonchev–Trinajstić information content (AvgIpc) is 3.31. The van der Waals surface area contributed by atoms with Crippen molar-refractivity contribution in [3.63, 3.8) is 0 Å². The first-order chi connectivity index (χ1) is 16.7. The van der Waals surface area contributed by atoms with E-state index < -0.39 is 0 Å². The number of rotatable bonds is 8. The van der Waals surface area contributed by atoms with Crippen LogP contribution in [-0.2, 0) is 0 Å². The maximum Gasteiger partial charge on any atom is 0.229 e.